The Morgan fingerprint density at radius 1 is 1.21 bits per heavy atom. The monoisotopic (exact) mass is 268 g/mol. The molecule has 1 rings (SSSR count). The summed E-state index contributed by atoms with van der Waals surface area (Å²) >= 11 is 0. The molecular weight excluding hydrogens is 236 g/mol. The zero-order chi connectivity index (χ0) is 14.1. The van der Waals surface area contributed by atoms with E-state index in [-0.39, 0.29) is 18.0 Å². The highest BCUT2D eigenvalue weighted by Crippen LogP contribution is 2.28. The summed E-state index contributed by atoms with van der Waals surface area (Å²) in [7, 11) is 0. The molecule has 1 aliphatic carbocycles. The lowest BCUT2D eigenvalue weighted by molar-refractivity contribution is -0.154. The number of hydrogen-bond donors (Lipinski definition) is 0. The minimum atomic E-state index is 0.0410. The predicted octanol–water partition coefficient (Wildman–Crippen LogP) is 5.10. The minimum Gasteiger partial charge on any atom is -0.462 e. The van der Waals surface area contributed by atoms with E-state index >= 15 is 0 Å². The van der Waals surface area contributed by atoms with E-state index in [1.165, 1.54) is 32.1 Å². The fraction of sp³-hybridized carbons (Fsp3) is 0.941. The summed E-state index contributed by atoms with van der Waals surface area (Å²) in [6, 6.07) is 0. The molecule has 0 spiro atoms. The van der Waals surface area contributed by atoms with Crippen LogP contribution in [0.25, 0.3) is 0 Å². The Morgan fingerprint density at radius 3 is 2.47 bits per heavy atom. The molecule has 2 heteroatoms. The van der Waals surface area contributed by atoms with Gasteiger partial charge >= 0.3 is 5.97 Å². The second-order valence-corrected chi connectivity index (χ2v) is 6.23. The van der Waals surface area contributed by atoms with Crippen molar-refractivity contribution in [2.45, 2.75) is 91.1 Å². The molecule has 1 fully saturated rings. The number of ether oxygens (including phenoxy) is 1. The molecule has 112 valence electrons. The number of carbonyl (C=O) groups excluding carboxylic acids is 1. The van der Waals surface area contributed by atoms with E-state index < -0.39 is 0 Å². The summed E-state index contributed by atoms with van der Waals surface area (Å²) in [6.45, 7) is 6.33. The van der Waals surface area contributed by atoms with Crippen LogP contribution in [0.5, 0.6) is 0 Å². The van der Waals surface area contributed by atoms with Crippen molar-refractivity contribution in [3.63, 3.8) is 0 Å². The Kier molecular flexibility index (Phi) is 8.16. The van der Waals surface area contributed by atoms with Crippen molar-refractivity contribution in [3.8, 4) is 0 Å². The third-order valence-electron chi connectivity index (χ3n) is 4.44. The third kappa shape index (κ3) is 6.44. The first-order valence-corrected chi connectivity index (χ1v) is 8.37. The van der Waals surface area contributed by atoms with E-state index in [0.717, 1.165) is 38.0 Å². The lowest BCUT2D eigenvalue weighted by Crippen LogP contribution is -2.24. The largest absolute Gasteiger partial charge is 0.462 e. The van der Waals surface area contributed by atoms with Gasteiger partial charge in [0.15, 0.2) is 0 Å². The number of hydrogen-bond acceptors (Lipinski definition) is 2. The van der Waals surface area contributed by atoms with Gasteiger partial charge in [-0.05, 0) is 32.1 Å². The number of unbranched alkanes of at least 4 members (excludes halogenated alkanes) is 1. The Labute approximate surface area is 119 Å². The summed E-state index contributed by atoms with van der Waals surface area (Å²) < 4.78 is 5.66. The Hall–Kier alpha value is -0.530. The van der Waals surface area contributed by atoms with E-state index in [1.807, 2.05) is 0 Å². The van der Waals surface area contributed by atoms with Crippen LogP contribution in [0.2, 0.25) is 0 Å². The predicted molar refractivity (Wildman–Crippen MR) is 80.1 cm³/mol. The molecule has 1 saturated carbocycles. The van der Waals surface area contributed by atoms with Crippen LogP contribution in [0.3, 0.4) is 0 Å². The van der Waals surface area contributed by atoms with Crippen molar-refractivity contribution in [1.82, 2.24) is 0 Å². The van der Waals surface area contributed by atoms with Gasteiger partial charge in [0.2, 0.25) is 0 Å². The lowest BCUT2D eigenvalue weighted by Gasteiger charge is -2.25. The zero-order valence-electron chi connectivity index (χ0n) is 13.1. The van der Waals surface area contributed by atoms with Gasteiger partial charge in [-0.3, -0.25) is 4.79 Å². The number of carbonyl (C=O) groups is 1. The van der Waals surface area contributed by atoms with Crippen LogP contribution in [-0.4, -0.2) is 12.1 Å². The average molecular weight is 268 g/mol. The lowest BCUT2D eigenvalue weighted by atomic mass is 9.85. The Balaban J connectivity index is 2.28. The minimum absolute atomic E-state index is 0.0410. The highest BCUT2D eigenvalue weighted by molar-refractivity contribution is 5.72. The van der Waals surface area contributed by atoms with Gasteiger partial charge in [-0.25, -0.2) is 0 Å². The molecule has 2 unspecified atom stereocenters. The normalized spacial score (nSPS) is 19.9. The molecule has 0 N–H and O–H groups in total. The van der Waals surface area contributed by atoms with Crippen molar-refractivity contribution in [3.05, 3.63) is 0 Å². The smallest absolute Gasteiger partial charge is 0.309 e. The van der Waals surface area contributed by atoms with Crippen LogP contribution in [0, 0.1) is 11.8 Å². The van der Waals surface area contributed by atoms with Crippen LogP contribution in [0.4, 0.5) is 0 Å². The summed E-state index contributed by atoms with van der Waals surface area (Å²) in [5.41, 5.74) is 0. The van der Waals surface area contributed by atoms with Gasteiger partial charge in [-0.2, -0.15) is 0 Å². The van der Waals surface area contributed by atoms with Gasteiger partial charge in [0.1, 0.15) is 0 Å². The van der Waals surface area contributed by atoms with Crippen LogP contribution >= 0.6 is 0 Å². The molecule has 0 aliphatic heterocycles. The summed E-state index contributed by atoms with van der Waals surface area (Å²) in [5.74, 6) is 0.945. The fourth-order valence-electron chi connectivity index (χ4n) is 3.17. The maximum absolute atomic E-state index is 12.1. The van der Waals surface area contributed by atoms with Crippen molar-refractivity contribution < 1.29 is 9.53 Å². The maximum Gasteiger partial charge on any atom is 0.309 e. The molecule has 2 nitrogen and oxygen atoms in total. The van der Waals surface area contributed by atoms with Gasteiger partial charge in [0, 0.05) is 0 Å². The summed E-state index contributed by atoms with van der Waals surface area (Å²) in [6.07, 6.45) is 12.1. The quantitative estimate of drug-likeness (QED) is 0.572. The zero-order valence-corrected chi connectivity index (χ0v) is 13.1. The number of rotatable bonds is 8. The molecule has 0 radical (unpaired) electrons. The van der Waals surface area contributed by atoms with Crippen LogP contribution < -0.4 is 0 Å². The molecule has 19 heavy (non-hydrogen) atoms. The average Bonchev–Trinajstić information content (AvgIpc) is 2.40. The van der Waals surface area contributed by atoms with E-state index in [9.17, 15) is 4.79 Å². The number of esters is 1. The van der Waals surface area contributed by atoms with E-state index in [2.05, 4.69) is 20.8 Å². The first kappa shape index (κ1) is 16.5. The van der Waals surface area contributed by atoms with E-state index in [4.69, 9.17) is 4.74 Å². The van der Waals surface area contributed by atoms with Gasteiger partial charge < -0.3 is 4.74 Å². The van der Waals surface area contributed by atoms with Crippen LogP contribution in [-0.2, 0) is 9.53 Å². The first-order valence-electron chi connectivity index (χ1n) is 8.37. The van der Waals surface area contributed by atoms with Crippen LogP contribution in [0.1, 0.15) is 85.0 Å². The maximum atomic E-state index is 12.1. The van der Waals surface area contributed by atoms with E-state index in [1.54, 1.807) is 0 Å². The molecular formula is C17H32O2. The van der Waals surface area contributed by atoms with Gasteiger partial charge in [-0.1, -0.05) is 58.8 Å². The Bertz CT molecular complexity index is 244. The van der Waals surface area contributed by atoms with Crippen molar-refractivity contribution in [2.24, 2.45) is 11.8 Å². The highest BCUT2D eigenvalue weighted by atomic mass is 16.5. The topological polar surface area (TPSA) is 26.3 Å². The summed E-state index contributed by atoms with van der Waals surface area (Å²) in [5, 5.41) is 0. The second-order valence-electron chi connectivity index (χ2n) is 6.23. The Morgan fingerprint density at radius 2 is 1.89 bits per heavy atom. The van der Waals surface area contributed by atoms with Gasteiger partial charge in [0.25, 0.3) is 0 Å². The first-order chi connectivity index (χ1) is 9.17. The standard InChI is InChI=1S/C17H32O2/c1-4-6-12-16(5-2)17(18)19-14(3)13-15-10-8-7-9-11-15/h14-16H,4-13H2,1-3H3. The van der Waals surface area contributed by atoms with Crippen molar-refractivity contribution in [1.29, 1.82) is 0 Å². The second kappa shape index (κ2) is 9.39. The molecule has 2 atom stereocenters. The molecule has 1 aliphatic rings. The molecule has 0 saturated heterocycles. The molecule has 0 aromatic carbocycles. The molecule has 0 bridgehead atoms. The van der Waals surface area contributed by atoms with Crippen molar-refractivity contribution >= 4 is 5.97 Å². The molecule has 0 aromatic heterocycles. The molecule has 0 aromatic rings. The van der Waals surface area contributed by atoms with Crippen molar-refractivity contribution in [2.75, 3.05) is 0 Å². The van der Waals surface area contributed by atoms with Crippen LogP contribution in [0.15, 0.2) is 0 Å². The van der Waals surface area contributed by atoms with E-state index in [0.29, 0.717) is 0 Å². The fourth-order valence-corrected chi connectivity index (χ4v) is 3.17. The highest BCUT2D eigenvalue weighted by Gasteiger charge is 2.22. The molecule has 0 heterocycles. The molecule has 0 amide bonds. The van der Waals surface area contributed by atoms with Gasteiger partial charge in [-0.15, -0.1) is 0 Å². The summed E-state index contributed by atoms with van der Waals surface area (Å²) in [4.78, 5) is 12.1. The van der Waals surface area contributed by atoms with Gasteiger partial charge in [0.05, 0.1) is 12.0 Å². The third-order valence-corrected chi connectivity index (χ3v) is 4.44. The SMILES string of the molecule is CCCCC(CC)C(=O)OC(C)CC1CCCCC1.